The number of aliphatic hydroxyl groups is 2. The highest BCUT2D eigenvalue weighted by molar-refractivity contribution is 6.19. The van der Waals surface area contributed by atoms with Gasteiger partial charge in [-0.15, -0.1) is 0 Å². The highest BCUT2D eigenvalue weighted by Crippen LogP contribution is 2.70. The molecule has 4 aliphatic rings. The first kappa shape index (κ1) is 35.1. The summed E-state index contributed by atoms with van der Waals surface area (Å²) >= 11 is 0. The quantitative estimate of drug-likeness (QED) is 0.227. The van der Waals surface area contributed by atoms with Gasteiger partial charge in [0.2, 0.25) is 5.79 Å². The van der Waals surface area contributed by atoms with Crippen molar-refractivity contribution in [3.63, 3.8) is 0 Å². The highest BCUT2D eigenvalue weighted by atomic mass is 16.6. The van der Waals surface area contributed by atoms with Crippen molar-refractivity contribution in [2.75, 3.05) is 0 Å². The molecule has 3 N–H and O–H groups in total. The van der Waals surface area contributed by atoms with E-state index in [9.17, 15) is 34.5 Å². The van der Waals surface area contributed by atoms with Crippen LogP contribution in [0.3, 0.4) is 0 Å². The second-order valence-corrected chi connectivity index (χ2v) is 17.7. The van der Waals surface area contributed by atoms with Gasteiger partial charge in [-0.25, -0.2) is 0 Å². The van der Waals surface area contributed by atoms with E-state index < -0.39 is 91.5 Å². The Kier molecular flexibility index (Phi) is 7.42. The monoisotopic (exact) mass is 652 g/mol. The molecule has 0 saturated heterocycles. The molecular formula is C38H52O9. The van der Waals surface area contributed by atoms with E-state index in [1.165, 1.54) is 13.8 Å². The number of hydrogen-bond donors (Lipinski definition) is 3. The number of allylic oxidation sites excluding steroid dienone is 2. The summed E-state index contributed by atoms with van der Waals surface area (Å²) in [6, 6.07) is 0. The van der Waals surface area contributed by atoms with Crippen LogP contribution in [0.25, 0.3) is 0 Å². The summed E-state index contributed by atoms with van der Waals surface area (Å²) in [5, 5.41) is 36.8. The van der Waals surface area contributed by atoms with Crippen LogP contribution in [0.4, 0.5) is 0 Å². The number of phenols is 1. The molecule has 0 unspecified atom stereocenters. The lowest BCUT2D eigenvalue weighted by Crippen LogP contribution is -2.58. The van der Waals surface area contributed by atoms with Gasteiger partial charge in [-0.2, -0.15) is 0 Å². The SMILES string of the molecule is CC(C)C(=O)c1c(O)c([C@H](C2=C(O)C(C)(C)C(=O)C(C)(C)C2=O)C(C)C)c2c3c1OC(C)(C)C[C@H]3[C@@H]1C(C)(C)C(=O)C(C)(C)[C@@]1(O)O2. The normalized spacial score (nSPS) is 30.1. The number of carbonyl (C=O) groups excluding carboxylic acids is 4. The number of fused-ring (bicyclic) bond motifs is 2. The summed E-state index contributed by atoms with van der Waals surface area (Å²) in [4.78, 5) is 55.9. The number of hydrogen-bond acceptors (Lipinski definition) is 9. The van der Waals surface area contributed by atoms with E-state index in [0.717, 1.165) is 0 Å². The Morgan fingerprint density at radius 2 is 1.36 bits per heavy atom. The van der Waals surface area contributed by atoms with Gasteiger partial charge < -0.3 is 24.8 Å². The van der Waals surface area contributed by atoms with Gasteiger partial charge in [0, 0.05) is 45.8 Å². The molecule has 2 aliphatic carbocycles. The molecule has 1 saturated carbocycles. The average Bonchev–Trinajstić information content (AvgIpc) is 3.03. The topological polar surface area (TPSA) is 147 Å². The highest BCUT2D eigenvalue weighted by Gasteiger charge is 2.75. The van der Waals surface area contributed by atoms with Gasteiger partial charge in [-0.1, -0.05) is 41.5 Å². The summed E-state index contributed by atoms with van der Waals surface area (Å²) < 4.78 is 13.2. The Morgan fingerprint density at radius 1 is 0.809 bits per heavy atom. The lowest BCUT2D eigenvalue weighted by Gasteiger charge is -2.53. The van der Waals surface area contributed by atoms with Crippen molar-refractivity contribution in [1.29, 1.82) is 0 Å². The predicted molar refractivity (Wildman–Crippen MR) is 176 cm³/mol. The number of Topliss-reactive ketones (excluding diaryl/α,β-unsaturated/α-hetero) is 4. The molecule has 1 aromatic rings. The number of benzene rings is 1. The molecule has 2 aliphatic heterocycles. The first-order valence-electron chi connectivity index (χ1n) is 16.8. The maximum atomic E-state index is 14.3. The molecular weight excluding hydrogens is 600 g/mol. The summed E-state index contributed by atoms with van der Waals surface area (Å²) in [6.07, 6.45) is 0.365. The molecule has 0 aromatic heterocycles. The van der Waals surface area contributed by atoms with Crippen LogP contribution in [0.2, 0.25) is 0 Å². The fraction of sp³-hybridized carbons (Fsp3) is 0.684. The number of aromatic hydroxyl groups is 1. The number of aliphatic hydroxyl groups excluding tert-OH is 1. The van der Waals surface area contributed by atoms with Crippen molar-refractivity contribution >= 4 is 23.1 Å². The summed E-state index contributed by atoms with van der Waals surface area (Å²) in [5.74, 6) is -7.78. The van der Waals surface area contributed by atoms with E-state index in [4.69, 9.17) is 9.47 Å². The number of phenolic OH excluding ortho intramolecular Hbond substituents is 1. The molecule has 1 aromatic carbocycles. The Balaban J connectivity index is 2.00. The van der Waals surface area contributed by atoms with Gasteiger partial charge >= 0.3 is 0 Å². The van der Waals surface area contributed by atoms with Gasteiger partial charge in [0.15, 0.2) is 23.1 Å². The Hall–Kier alpha value is -3.20. The van der Waals surface area contributed by atoms with Crippen LogP contribution in [0.5, 0.6) is 17.2 Å². The summed E-state index contributed by atoms with van der Waals surface area (Å²) in [6.45, 7) is 23.9. The minimum atomic E-state index is -2.04. The maximum Gasteiger partial charge on any atom is 0.224 e. The van der Waals surface area contributed by atoms with Crippen LogP contribution in [-0.4, -0.2) is 49.8 Å². The molecule has 258 valence electrons. The van der Waals surface area contributed by atoms with Crippen molar-refractivity contribution in [2.45, 2.75) is 127 Å². The van der Waals surface area contributed by atoms with Crippen molar-refractivity contribution in [3.05, 3.63) is 28.0 Å². The number of ether oxygens (including phenoxy) is 2. The zero-order chi connectivity index (χ0) is 35.9. The van der Waals surface area contributed by atoms with Crippen molar-refractivity contribution < 1.29 is 44.0 Å². The maximum absolute atomic E-state index is 14.3. The predicted octanol–water partition coefficient (Wildman–Crippen LogP) is 6.96. The number of carbonyl (C=O) groups is 4. The third-order valence-electron chi connectivity index (χ3n) is 11.7. The van der Waals surface area contributed by atoms with Crippen LogP contribution in [0, 0.1) is 39.4 Å². The lowest BCUT2D eigenvalue weighted by atomic mass is 9.59. The van der Waals surface area contributed by atoms with Crippen LogP contribution in [-0.2, 0) is 14.4 Å². The molecule has 2 heterocycles. The van der Waals surface area contributed by atoms with E-state index in [1.54, 1.807) is 55.4 Å². The zero-order valence-electron chi connectivity index (χ0n) is 30.4. The first-order valence-corrected chi connectivity index (χ1v) is 16.8. The smallest absolute Gasteiger partial charge is 0.224 e. The minimum absolute atomic E-state index is 0.0370. The van der Waals surface area contributed by atoms with Crippen LogP contribution < -0.4 is 9.47 Å². The molecule has 1 fully saturated rings. The lowest BCUT2D eigenvalue weighted by molar-refractivity contribution is -0.242. The molecule has 9 heteroatoms. The Bertz CT molecular complexity index is 1670. The second-order valence-electron chi connectivity index (χ2n) is 17.7. The molecule has 4 atom stereocenters. The number of rotatable bonds is 5. The van der Waals surface area contributed by atoms with Crippen molar-refractivity contribution in [1.82, 2.24) is 0 Å². The first-order chi connectivity index (χ1) is 21.1. The summed E-state index contributed by atoms with van der Waals surface area (Å²) in [5.41, 5.74) is -5.83. The van der Waals surface area contributed by atoms with Crippen molar-refractivity contribution in [2.24, 2.45) is 39.4 Å². The van der Waals surface area contributed by atoms with Gasteiger partial charge in [0.25, 0.3) is 0 Å². The van der Waals surface area contributed by atoms with E-state index in [-0.39, 0.29) is 34.0 Å². The average molecular weight is 653 g/mol. The molecule has 0 radical (unpaired) electrons. The molecule has 0 spiro atoms. The molecule has 9 nitrogen and oxygen atoms in total. The largest absolute Gasteiger partial charge is 0.511 e. The van der Waals surface area contributed by atoms with Gasteiger partial charge in [-0.3, -0.25) is 19.2 Å². The third-order valence-corrected chi connectivity index (χ3v) is 11.7. The summed E-state index contributed by atoms with van der Waals surface area (Å²) in [7, 11) is 0. The Labute approximate surface area is 278 Å². The molecule has 47 heavy (non-hydrogen) atoms. The molecule has 5 rings (SSSR count). The Morgan fingerprint density at radius 3 is 1.87 bits per heavy atom. The van der Waals surface area contributed by atoms with E-state index >= 15 is 0 Å². The molecule has 0 amide bonds. The van der Waals surface area contributed by atoms with Crippen LogP contribution >= 0.6 is 0 Å². The van der Waals surface area contributed by atoms with Crippen LogP contribution in [0.15, 0.2) is 11.3 Å². The molecule has 0 bridgehead atoms. The minimum Gasteiger partial charge on any atom is -0.511 e. The second kappa shape index (κ2) is 9.93. The van der Waals surface area contributed by atoms with Gasteiger partial charge in [0.05, 0.1) is 16.2 Å². The van der Waals surface area contributed by atoms with Crippen LogP contribution in [0.1, 0.15) is 137 Å². The van der Waals surface area contributed by atoms with E-state index in [1.807, 2.05) is 27.7 Å². The van der Waals surface area contributed by atoms with Gasteiger partial charge in [-0.05, 0) is 67.7 Å². The third kappa shape index (κ3) is 4.29. The van der Waals surface area contributed by atoms with E-state index in [0.29, 0.717) is 12.0 Å². The zero-order valence-corrected chi connectivity index (χ0v) is 30.4. The van der Waals surface area contributed by atoms with Gasteiger partial charge in [0.1, 0.15) is 34.2 Å². The van der Waals surface area contributed by atoms with Crippen molar-refractivity contribution in [3.8, 4) is 17.2 Å². The fourth-order valence-corrected chi connectivity index (χ4v) is 9.31. The fourth-order valence-electron chi connectivity index (χ4n) is 9.31. The number of ketones is 4. The standard InChI is InChI=1S/C38H52O9/c1-16(2)19(22-29(41)35(9,10)31(43)36(11,12)30(22)42)21-25(40)23(24(39)17(3)4)27-20-18(15-33(5,6)46-27)28-34(7,8)32(44)37(13,14)38(28,45)47-26(20)21/h16-19,28,40-41,45H,15H2,1-14H3/t18-,19-,28-,38+/m1/s1. The van der Waals surface area contributed by atoms with E-state index in [2.05, 4.69) is 0 Å².